The highest BCUT2D eigenvalue weighted by molar-refractivity contribution is 7.92. The van der Waals surface area contributed by atoms with Crippen molar-refractivity contribution in [1.29, 1.82) is 0 Å². The number of amides is 1. The van der Waals surface area contributed by atoms with E-state index in [1.54, 1.807) is 12.1 Å². The summed E-state index contributed by atoms with van der Waals surface area (Å²) in [5.41, 5.74) is 1.11. The van der Waals surface area contributed by atoms with Crippen LogP contribution in [0.5, 0.6) is 0 Å². The van der Waals surface area contributed by atoms with Crippen LogP contribution in [-0.2, 0) is 14.8 Å². The molecular formula is C21H24N4O5S. The van der Waals surface area contributed by atoms with Crippen LogP contribution in [0.3, 0.4) is 0 Å². The second-order valence-electron chi connectivity index (χ2n) is 7.10. The molecule has 0 aromatic heterocycles. The molecule has 1 aliphatic heterocycles. The predicted octanol–water partition coefficient (Wildman–Crippen LogP) is 2.54. The maximum atomic E-state index is 12.5. The number of nitro groups is 1. The molecule has 10 heteroatoms. The van der Waals surface area contributed by atoms with E-state index in [0.717, 1.165) is 5.56 Å². The van der Waals surface area contributed by atoms with Gasteiger partial charge in [-0.1, -0.05) is 36.4 Å². The third-order valence-corrected chi connectivity index (χ3v) is 6.48. The lowest BCUT2D eigenvalue weighted by Crippen LogP contribution is -2.48. The van der Waals surface area contributed by atoms with Crippen LogP contribution < -0.4 is 5.32 Å². The van der Waals surface area contributed by atoms with Crippen LogP contribution in [0.15, 0.2) is 60.0 Å². The largest absolute Gasteiger partial charge is 0.326 e. The zero-order valence-electron chi connectivity index (χ0n) is 16.9. The van der Waals surface area contributed by atoms with Crippen LogP contribution in [0.1, 0.15) is 12.0 Å². The molecule has 1 saturated heterocycles. The minimum Gasteiger partial charge on any atom is -0.326 e. The Balaban J connectivity index is 1.44. The number of sulfonamides is 1. The van der Waals surface area contributed by atoms with E-state index in [0.29, 0.717) is 38.4 Å². The van der Waals surface area contributed by atoms with Gasteiger partial charge in [0.1, 0.15) is 0 Å². The Bertz CT molecular complexity index is 1050. The Morgan fingerprint density at radius 3 is 2.45 bits per heavy atom. The van der Waals surface area contributed by atoms with Crippen LogP contribution in [-0.4, -0.2) is 61.2 Å². The van der Waals surface area contributed by atoms with Gasteiger partial charge in [-0.3, -0.25) is 14.9 Å². The lowest BCUT2D eigenvalue weighted by molar-refractivity contribution is -0.384. The maximum absolute atomic E-state index is 12.5. The second-order valence-corrected chi connectivity index (χ2v) is 8.92. The van der Waals surface area contributed by atoms with Gasteiger partial charge in [-0.15, -0.1) is 0 Å². The fraction of sp³-hybridized carbons (Fsp3) is 0.286. The van der Waals surface area contributed by atoms with Crippen molar-refractivity contribution in [3.8, 4) is 0 Å². The van der Waals surface area contributed by atoms with Gasteiger partial charge in [0.2, 0.25) is 15.9 Å². The Labute approximate surface area is 181 Å². The molecule has 1 amide bonds. The van der Waals surface area contributed by atoms with E-state index in [1.807, 2.05) is 35.2 Å². The van der Waals surface area contributed by atoms with Crippen LogP contribution in [0.25, 0.3) is 6.08 Å². The Morgan fingerprint density at radius 2 is 1.77 bits per heavy atom. The van der Waals surface area contributed by atoms with Crippen molar-refractivity contribution in [2.24, 2.45) is 0 Å². The van der Waals surface area contributed by atoms with E-state index in [2.05, 4.69) is 5.32 Å². The van der Waals surface area contributed by atoms with Crippen LogP contribution >= 0.6 is 0 Å². The molecule has 0 aliphatic carbocycles. The van der Waals surface area contributed by atoms with Crippen molar-refractivity contribution < 1.29 is 18.1 Å². The third-order valence-electron chi connectivity index (χ3n) is 4.92. The Morgan fingerprint density at radius 1 is 1.06 bits per heavy atom. The highest BCUT2D eigenvalue weighted by Gasteiger charge is 2.25. The highest BCUT2D eigenvalue weighted by atomic mass is 32.2. The highest BCUT2D eigenvalue weighted by Crippen LogP contribution is 2.17. The summed E-state index contributed by atoms with van der Waals surface area (Å²) in [5.74, 6) is -0.249. The second kappa shape index (κ2) is 10.3. The summed E-state index contributed by atoms with van der Waals surface area (Å²) in [6.45, 7) is 2.25. The number of rotatable bonds is 8. The molecule has 2 aromatic rings. The summed E-state index contributed by atoms with van der Waals surface area (Å²) in [7, 11) is -3.50. The quantitative estimate of drug-likeness (QED) is 0.495. The first-order chi connectivity index (χ1) is 14.8. The van der Waals surface area contributed by atoms with E-state index in [1.165, 1.54) is 27.9 Å². The first-order valence-corrected chi connectivity index (χ1v) is 11.3. The van der Waals surface area contributed by atoms with Gasteiger partial charge in [0, 0.05) is 62.4 Å². The first kappa shape index (κ1) is 22.6. The molecule has 0 atom stereocenters. The fourth-order valence-corrected chi connectivity index (χ4v) is 4.38. The number of nitro benzene ring substituents is 1. The van der Waals surface area contributed by atoms with E-state index in [9.17, 15) is 23.3 Å². The normalized spacial score (nSPS) is 15.7. The average Bonchev–Trinajstić information content (AvgIpc) is 2.77. The molecule has 1 fully saturated rings. The molecule has 1 aliphatic rings. The zero-order chi connectivity index (χ0) is 22.3. The first-order valence-electron chi connectivity index (χ1n) is 9.83. The van der Waals surface area contributed by atoms with Gasteiger partial charge in [0.15, 0.2) is 0 Å². The predicted molar refractivity (Wildman–Crippen MR) is 119 cm³/mol. The lowest BCUT2D eigenvalue weighted by Gasteiger charge is -2.33. The number of hydrogen-bond acceptors (Lipinski definition) is 6. The molecule has 164 valence electrons. The van der Waals surface area contributed by atoms with Crippen molar-refractivity contribution in [2.45, 2.75) is 6.42 Å². The molecule has 31 heavy (non-hydrogen) atoms. The summed E-state index contributed by atoms with van der Waals surface area (Å²) in [6.07, 6.45) is 1.79. The number of hydrogen-bond donors (Lipinski definition) is 1. The van der Waals surface area contributed by atoms with E-state index in [4.69, 9.17) is 0 Å². The van der Waals surface area contributed by atoms with Crippen LogP contribution in [0, 0.1) is 10.1 Å². The van der Waals surface area contributed by atoms with Gasteiger partial charge < -0.3 is 10.2 Å². The van der Waals surface area contributed by atoms with Crippen molar-refractivity contribution in [3.05, 3.63) is 75.7 Å². The van der Waals surface area contributed by atoms with Gasteiger partial charge in [-0.2, -0.15) is 4.31 Å². The molecule has 1 heterocycles. The van der Waals surface area contributed by atoms with Gasteiger partial charge >= 0.3 is 0 Å². The molecular weight excluding hydrogens is 420 g/mol. The number of piperazine rings is 1. The van der Waals surface area contributed by atoms with Crippen molar-refractivity contribution in [2.75, 3.05) is 38.0 Å². The topological polar surface area (TPSA) is 113 Å². The number of non-ortho nitro benzene ring substituents is 1. The molecule has 0 radical (unpaired) electrons. The van der Waals surface area contributed by atoms with E-state index >= 15 is 0 Å². The van der Waals surface area contributed by atoms with Crippen LogP contribution in [0.4, 0.5) is 11.4 Å². The van der Waals surface area contributed by atoms with E-state index in [-0.39, 0.29) is 18.0 Å². The molecule has 0 bridgehead atoms. The number of carbonyl (C=O) groups is 1. The van der Waals surface area contributed by atoms with Gasteiger partial charge in [-0.05, 0) is 17.7 Å². The van der Waals surface area contributed by atoms with Crippen LogP contribution in [0.2, 0.25) is 0 Å². The molecule has 3 rings (SSSR count). The zero-order valence-corrected chi connectivity index (χ0v) is 17.7. The van der Waals surface area contributed by atoms with Gasteiger partial charge in [-0.25, -0.2) is 8.42 Å². The monoisotopic (exact) mass is 444 g/mol. The molecule has 2 aromatic carbocycles. The molecule has 1 N–H and O–H groups in total. The molecule has 0 saturated carbocycles. The minimum atomic E-state index is -3.50. The van der Waals surface area contributed by atoms with Crippen molar-refractivity contribution in [3.63, 3.8) is 0 Å². The summed E-state index contributed by atoms with van der Waals surface area (Å²) < 4.78 is 26.5. The maximum Gasteiger partial charge on any atom is 0.271 e. The Hall–Kier alpha value is -3.08. The van der Waals surface area contributed by atoms with Gasteiger partial charge in [0.05, 0.1) is 4.92 Å². The smallest absolute Gasteiger partial charge is 0.271 e. The molecule has 0 spiro atoms. The Kier molecular flexibility index (Phi) is 7.50. The summed E-state index contributed by atoms with van der Waals surface area (Å²) >= 11 is 0. The average molecular weight is 445 g/mol. The minimum absolute atomic E-state index is 0.0866. The lowest BCUT2D eigenvalue weighted by atomic mass is 10.2. The van der Waals surface area contributed by atoms with Crippen molar-refractivity contribution >= 4 is 33.4 Å². The van der Waals surface area contributed by atoms with Gasteiger partial charge in [0.25, 0.3) is 5.69 Å². The third kappa shape index (κ3) is 6.71. The standard InChI is InChI=1S/C21H24N4O5S/c26-21(22-19-7-4-8-20(17-19)25(27)28)9-11-23-12-14-24(15-13-23)31(29,30)16-10-18-5-2-1-3-6-18/h1-8,10,16-17H,9,11-15H2,(H,22,26)/b16-10+. The number of benzene rings is 2. The number of carbonyl (C=O) groups excluding carboxylic acids is 1. The number of anilines is 1. The summed E-state index contributed by atoms with van der Waals surface area (Å²) in [6, 6.07) is 15.0. The molecule has 9 nitrogen and oxygen atoms in total. The SMILES string of the molecule is O=C(CCN1CCN(S(=O)(=O)/C=C/c2ccccc2)CC1)Nc1cccc([N+](=O)[O-])c1. The van der Waals surface area contributed by atoms with Crippen molar-refractivity contribution in [1.82, 2.24) is 9.21 Å². The number of nitrogens with one attached hydrogen (secondary N) is 1. The summed E-state index contributed by atoms with van der Waals surface area (Å²) in [4.78, 5) is 24.5. The van der Waals surface area contributed by atoms with E-state index < -0.39 is 14.9 Å². The number of nitrogens with zero attached hydrogens (tertiary/aromatic N) is 3. The fourth-order valence-electron chi connectivity index (χ4n) is 3.20. The molecule has 0 unspecified atom stereocenters. The summed E-state index contributed by atoms with van der Waals surface area (Å²) in [5, 5.41) is 14.7.